The number of hydrogen-bond acceptors (Lipinski definition) is 9. The summed E-state index contributed by atoms with van der Waals surface area (Å²) in [6.45, 7) is 7.93. The van der Waals surface area contributed by atoms with Crippen LogP contribution in [-0.4, -0.2) is 56.1 Å². The van der Waals surface area contributed by atoms with Crippen LogP contribution in [0.5, 0.6) is 0 Å². The molecule has 1 aliphatic heterocycles. The predicted molar refractivity (Wildman–Crippen MR) is 126 cm³/mol. The second-order valence-electron chi connectivity index (χ2n) is 7.93. The van der Waals surface area contributed by atoms with Gasteiger partial charge in [-0.2, -0.15) is 10.1 Å². The van der Waals surface area contributed by atoms with Crippen LogP contribution in [0.2, 0.25) is 0 Å². The molecule has 0 aliphatic carbocycles. The third kappa shape index (κ3) is 3.92. The normalized spacial score (nSPS) is 14.0. The third-order valence-corrected chi connectivity index (χ3v) is 5.64. The molecular formula is C22H26N10. The van der Waals surface area contributed by atoms with Gasteiger partial charge in [0, 0.05) is 45.1 Å². The molecule has 10 nitrogen and oxygen atoms in total. The first kappa shape index (κ1) is 20.1. The van der Waals surface area contributed by atoms with Gasteiger partial charge >= 0.3 is 0 Å². The number of benzene rings is 1. The molecule has 0 bridgehead atoms. The van der Waals surface area contributed by atoms with Crippen LogP contribution < -0.4 is 20.9 Å². The minimum Gasteiger partial charge on any atom is -0.353 e. The summed E-state index contributed by atoms with van der Waals surface area (Å²) < 4.78 is 1.75. The van der Waals surface area contributed by atoms with Crippen molar-refractivity contribution in [3.63, 3.8) is 0 Å². The number of rotatable bonds is 5. The summed E-state index contributed by atoms with van der Waals surface area (Å²) in [5.74, 6) is 2.65. The molecule has 5 rings (SSSR count). The van der Waals surface area contributed by atoms with Crippen molar-refractivity contribution >= 4 is 40.1 Å². The molecular weight excluding hydrogens is 404 g/mol. The van der Waals surface area contributed by atoms with Gasteiger partial charge in [-0.15, -0.1) is 10.2 Å². The Morgan fingerprint density at radius 3 is 2.47 bits per heavy atom. The molecule has 1 aliphatic rings. The van der Waals surface area contributed by atoms with Gasteiger partial charge in [0.25, 0.3) is 0 Å². The smallest absolute Gasteiger partial charge is 0.230 e. The van der Waals surface area contributed by atoms with Crippen molar-refractivity contribution < 1.29 is 0 Å². The molecule has 3 N–H and O–H groups in total. The molecule has 4 aromatic rings. The highest BCUT2D eigenvalue weighted by Gasteiger charge is 2.15. The number of aryl methyl sites for hydroxylation is 3. The van der Waals surface area contributed by atoms with Gasteiger partial charge in [0.2, 0.25) is 5.95 Å². The summed E-state index contributed by atoms with van der Waals surface area (Å²) in [5.41, 5.74) is 4.09. The molecule has 3 aromatic heterocycles. The second-order valence-corrected chi connectivity index (χ2v) is 7.93. The Bertz CT molecular complexity index is 1220. The molecule has 0 saturated carbocycles. The van der Waals surface area contributed by atoms with Crippen molar-refractivity contribution in [1.82, 2.24) is 35.3 Å². The van der Waals surface area contributed by atoms with Crippen molar-refractivity contribution in [2.24, 2.45) is 7.05 Å². The molecule has 0 spiro atoms. The lowest BCUT2D eigenvalue weighted by atomic mass is 10.1. The van der Waals surface area contributed by atoms with E-state index in [1.54, 1.807) is 10.9 Å². The van der Waals surface area contributed by atoms with E-state index in [-0.39, 0.29) is 0 Å². The topological polar surface area (TPSA) is 109 Å². The van der Waals surface area contributed by atoms with Crippen molar-refractivity contribution in [3.8, 4) is 0 Å². The maximum Gasteiger partial charge on any atom is 0.230 e. The monoisotopic (exact) mass is 430 g/mol. The lowest BCUT2D eigenvalue weighted by Gasteiger charge is -2.27. The average Bonchev–Trinajstić information content (AvgIpc) is 3.12. The molecule has 1 fully saturated rings. The Hall–Kier alpha value is -3.79. The van der Waals surface area contributed by atoms with Crippen LogP contribution >= 0.6 is 0 Å². The Balaban J connectivity index is 1.36. The van der Waals surface area contributed by atoms with Crippen molar-refractivity contribution in [3.05, 3.63) is 47.7 Å². The van der Waals surface area contributed by atoms with E-state index in [1.165, 1.54) is 0 Å². The average molecular weight is 431 g/mol. The summed E-state index contributed by atoms with van der Waals surface area (Å²) in [6, 6.07) is 10.1. The van der Waals surface area contributed by atoms with Gasteiger partial charge in [-0.3, -0.25) is 0 Å². The molecule has 1 aromatic carbocycles. The molecule has 0 unspecified atom stereocenters. The summed E-state index contributed by atoms with van der Waals surface area (Å²) in [4.78, 5) is 11.3. The molecule has 32 heavy (non-hydrogen) atoms. The highest BCUT2D eigenvalue weighted by Crippen LogP contribution is 2.28. The Kier molecular flexibility index (Phi) is 5.28. The number of aromatic nitrogens is 6. The molecule has 164 valence electrons. The van der Waals surface area contributed by atoms with E-state index < -0.39 is 0 Å². The van der Waals surface area contributed by atoms with Crippen LogP contribution in [0.4, 0.5) is 29.1 Å². The van der Waals surface area contributed by atoms with Crippen LogP contribution in [0, 0.1) is 13.8 Å². The maximum absolute atomic E-state index is 4.64. The van der Waals surface area contributed by atoms with E-state index in [0.717, 1.165) is 65.7 Å². The number of nitrogens with zero attached hydrogens (tertiary/aromatic N) is 7. The largest absolute Gasteiger partial charge is 0.353 e. The highest BCUT2D eigenvalue weighted by atomic mass is 15.3. The van der Waals surface area contributed by atoms with Crippen LogP contribution in [0.25, 0.3) is 11.0 Å². The van der Waals surface area contributed by atoms with E-state index in [1.807, 2.05) is 25.2 Å². The summed E-state index contributed by atoms with van der Waals surface area (Å²) >= 11 is 0. The van der Waals surface area contributed by atoms with Crippen molar-refractivity contribution in [2.75, 3.05) is 41.7 Å². The molecule has 10 heteroatoms. The standard InChI is InChI=1S/C22H26N10/c1-14-5-4-6-15(2)19(14)26-20-16-13-24-22(27-21(16)31(3)30-20)25-17-7-8-18(29-28-17)32-11-9-23-10-12-32/h4-8,13,23H,9-12H2,1-3H3,(H,26,30)(H,24,25,27,28). The molecule has 0 radical (unpaired) electrons. The van der Waals surface area contributed by atoms with Crippen molar-refractivity contribution in [1.29, 1.82) is 0 Å². The fourth-order valence-corrected chi connectivity index (χ4v) is 3.89. The number of anilines is 5. The first-order valence-electron chi connectivity index (χ1n) is 10.7. The molecule has 0 atom stereocenters. The lowest BCUT2D eigenvalue weighted by molar-refractivity contribution is 0.583. The zero-order valence-corrected chi connectivity index (χ0v) is 18.4. The first-order valence-corrected chi connectivity index (χ1v) is 10.7. The van der Waals surface area contributed by atoms with Crippen LogP contribution in [0.15, 0.2) is 36.5 Å². The van der Waals surface area contributed by atoms with Gasteiger partial charge in [-0.1, -0.05) is 18.2 Å². The van der Waals surface area contributed by atoms with Crippen LogP contribution in [0.1, 0.15) is 11.1 Å². The Labute approximate surface area is 186 Å². The number of fused-ring (bicyclic) bond motifs is 1. The maximum atomic E-state index is 4.64. The second kappa shape index (κ2) is 8.39. The predicted octanol–water partition coefficient (Wildman–Crippen LogP) is 2.67. The van der Waals surface area contributed by atoms with Gasteiger partial charge in [0.15, 0.2) is 23.1 Å². The fourth-order valence-electron chi connectivity index (χ4n) is 3.89. The summed E-state index contributed by atoms with van der Waals surface area (Å²) in [5, 5.41) is 24.0. The summed E-state index contributed by atoms with van der Waals surface area (Å²) in [6.07, 6.45) is 1.77. The van der Waals surface area contributed by atoms with Gasteiger partial charge in [-0.25, -0.2) is 9.67 Å². The quantitative estimate of drug-likeness (QED) is 0.440. The number of piperazine rings is 1. The zero-order valence-electron chi connectivity index (χ0n) is 18.4. The Morgan fingerprint density at radius 1 is 0.969 bits per heavy atom. The zero-order chi connectivity index (χ0) is 22.1. The highest BCUT2D eigenvalue weighted by molar-refractivity contribution is 5.90. The van der Waals surface area contributed by atoms with Crippen molar-refractivity contribution in [2.45, 2.75) is 13.8 Å². The minimum absolute atomic E-state index is 0.448. The SMILES string of the molecule is Cc1cccc(C)c1Nc1nn(C)c2nc(Nc3ccc(N4CCNCC4)nn3)ncc12. The van der Waals surface area contributed by atoms with Gasteiger partial charge in [0.1, 0.15) is 0 Å². The number of nitrogens with one attached hydrogen (secondary N) is 3. The summed E-state index contributed by atoms with van der Waals surface area (Å²) in [7, 11) is 1.87. The number of hydrogen-bond donors (Lipinski definition) is 3. The van der Waals surface area contributed by atoms with Gasteiger partial charge < -0.3 is 20.9 Å². The molecule has 0 amide bonds. The number of para-hydroxylation sites is 1. The van der Waals surface area contributed by atoms with Gasteiger partial charge in [0.05, 0.1) is 5.39 Å². The van der Waals surface area contributed by atoms with E-state index in [4.69, 9.17) is 0 Å². The van der Waals surface area contributed by atoms with Crippen LogP contribution in [0.3, 0.4) is 0 Å². The van der Waals surface area contributed by atoms with Crippen LogP contribution in [-0.2, 0) is 7.05 Å². The lowest BCUT2D eigenvalue weighted by Crippen LogP contribution is -2.43. The van der Waals surface area contributed by atoms with Gasteiger partial charge in [-0.05, 0) is 37.1 Å². The molecule has 1 saturated heterocycles. The molecule has 4 heterocycles. The van der Waals surface area contributed by atoms with E-state index in [9.17, 15) is 0 Å². The third-order valence-electron chi connectivity index (χ3n) is 5.64. The van der Waals surface area contributed by atoms with E-state index in [0.29, 0.717) is 11.8 Å². The fraction of sp³-hybridized carbons (Fsp3) is 0.318. The van der Waals surface area contributed by atoms with E-state index in [2.05, 4.69) is 72.1 Å². The first-order chi connectivity index (χ1) is 15.6. The minimum atomic E-state index is 0.448. The van der Waals surface area contributed by atoms with E-state index >= 15 is 0 Å². The Morgan fingerprint density at radius 2 is 1.75 bits per heavy atom.